The highest BCUT2D eigenvalue weighted by molar-refractivity contribution is 6.30. The normalized spacial score (nSPS) is 11.6. The Balaban J connectivity index is 3.05. The molecule has 0 fully saturated rings. The Kier molecular flexibility index (Phi) is 13.9. The molecule has 0 radical (unpaired) electrons. The van der Waals surface area contributed by atoms with Gasteiger partial charge in [0.1, 0.15) is 0 Å². The van der Waals surface area contributed by atoms with Gasteiger partial charge in [-0.2, -0.15) is 0 Å². The summed E-state index contributed by atoms with van der Waals surface area (Å²) in [5, 5.41) is 0. The molecule has 0 aromatic carbocycles. The smallest absolute Gasteiger partial charge is 0.294 e. The van der Waals surface area contributed by atoms with Crippen LogP contribution in [0.15, 0.2) is 0 Å². The van der Waals surface area contributed by atoms with Crippen molar-refractivity contribution in [3.8, 4) is 0 Å². The van der Waals surface area contributed by atoms with Crippen LogP contribution in [0, 0.1) is 5.92 Å². The highest BCUT2D eigenvalue weighted by Gasteiger charge is 2.06. The third kappa shape index (κ3) is 13.9. The van der Waals surface area contributed by atoms with Gasteiger partial charge in [-0.05, 0) is 6.04 Å². The SMILES string of the molecule is CCCCCCCCCCCC[SiH2]OC(=O)C(C)C. The highest BCUT2D eigenvalue weighted by atomic mass is 28.2. The van der Waals surface area contributed by atoms with E-state index >= 15 is 0 Å². The largest absolute Gasteiger partial charge is 0.525 e. The van der Waals surface area contributed by atoms with Crippen molar-refractivity contribution in [2.24, 2.45) is 5.92 Å². The van der Waals surface area contributed by atoms with Crippen LogP contribution in [0.3, 0.4) is 0 Å². The number of hydrogen-bond donors (Lipinski definition) is 0. The van der Waals surface area contributed by atoms with E-state index in [1.165, 1.54) is 64.2 Å². The van der Waals surface area contributed by atoms with Crippen molar-refractivity contribution in [2.45, 2.75) is 91.0 Å². The maximum Gasteiger partial charge on any atom is 0.294 e. The zero-order chi connectivity index (χ0) is 14.3. The number of rotatable bonds is 13. The number of unbranched alkanes of at least 4 members (excludes halogenated alkanes) is 9. The Labute approximate surface area is 122 Å². The van der Waals surface area contributed by atoms with E-state index in [-0.39, 0.29) is 11.9 Å². The summed E-state index contributed by atoms with van der Waals surface area (Å²) in [5.74, 6) is 0.0407. The molecule has 0 atom stereocenters. The monoisotopic (exact) mass is 286 g/mol. The van der Waals surface area contributed by atoms with Gasteiger partial charge in [-0.15, -0.1) is 0 Å². The van der Waals surface area contributed by atoms with Crippen LogP contribution in [0.4, 0.5) is 0 Å². The lowest BCUT2D eigenvalue weighted by Crippen LogP contribution is -2.14. The van der Waals surface area contributed by atoms with Crippen molar-refractivity contribution < 1.29 is 9.22 Å². The number of carbonyl (C=O) groups excluding carboxylic acids is 1. The summed E-state index contributed by atoms with van der Waals surface area (Å²) in [5.41, 5.74) is 0. The van der Waals surface area contributed by atoms with Gasteiger partial charge in [0.25, 0.3) is 5.97 Å². The first kappa shape index (κ1) is 18.7. The summed E-state index contributed by atoms with van der Waals surface area (Å²) >= 11 is 0. The van der Waals surface area contributed by atoms with E-state index in [4.69, 9.17) is 4.43 Å². The van der Waals surface area contributed by atoms with Gasteiger partial charge < -0.3 is 4.43 Å². The summed E-state index contributed by atoms with van der Waals surface area (Å²) in [6.07, 6.45) is 13.7. The first-order chi connectivity index (χ1) is 9.18. The third-order valence-electron chi connectivity index (χ3n) is 3.46. The minimum absolute atomic E-state index is 0.00116. The van der Waals surface area contributed by atoms with Crippen molar-refractivity contribution in [2.75, 3.05) is 0 Å². The second kappa shape index (κ2) is 14.1. The van der Waals surface area contributed by atoms with Crippen LogP contribution in [0.25, 0.3) is 0 Å². The van der Waals surface area contributed by atoms with Gasteiger partial charge in [0, 0.05) is 5.92 Å². The van der Waals surface area contributed by atoms with Gasteiger partial charge in [0.2, 0.25) is 9.76 Å². The molecule has 0 spiro atoms. The predicted octanol–water partition coefficient (Wildman–Crippen LogP) is 4.61. The molecule has 0 bridgehead atoms. The van der Waals surface area contributed by atoms with Gasteiger partial charge >= 0.3 is 0 Å². The molecule has 0 heterocycles. The number of hydrogen-bond acceptors (Lipinski definition) is 2. The van der Waals surface area contributed by atoms with E-state index in [2.05, 4.69) is 6.92 Å². The van der Waals surface area contributed by atoms with E-state index in [9.17, 15) is 4.79 Å². The van der Waals surface area contributed by atoms with Gasteiger partial charge in [-0.3, -0.25) is 4.79 Å². The molecule has 0 saturated heterocycles. The van der Waals surface area contributed by atoms with Crippen molar-refractivity contribution in [3.63, 3.8) is 0 Å². The molecule has 114 valence electrons. The molecular formula is C16H34O2Si. The molecule has 0 saturated carbocycles. The van der Waals surface area contributed by atoms with E-state index in [1.54, 1.807) is 0 Å². The lowest BCUT2D eigenvalue weighted by atomic mass is 10.1. The number of carbonyl (C=O) groups is 1. The Hall–Kier alpha value is -0.313. The van der Waals surface area contributed by atoms with Crippen LogP contribution >= 0.6 is 0 Å². The lowest BCUT2D eigenvalue weighted by molar-refractivity contribution is -0.137. The van der Waals surface area contributed by atoms with Crippen LogP contribution in [0.2, 0.25) is 6.04 Å². The first-order valence-corrected chi connectivity index (χ1v) is 9.92. The van der Waals surface area contributed by atoms with Crippen LogP contribution in [-0.2, 0) is 9.22 Å². The fourth-order valence-corrected chi connectivity index (χ4v) is 3.34. The third-order valence-corrected chi connectivity index (χ3v) is 4.74. The average molecular weight is 287 g/mol. The zero-order valence-corrected chi connectivity index (χ0v) is 14.8. The Morgan fingerprint density at radius 1 is 0.895 bits per heavy atom. The van der Waals surface area contributed by atoms with Gasteiger partial charge in [0.05, 0.1) is 0 Å². The Morgan fingerprint density at radius 2 is 1.37 bits per heavy atom. The van der Waals surface area contributed by atoms with Gasteiger partial charge in [0.15, 0.2) is 0 Å². The lowest BCUT2D eigenvalue weighted by Gasteiger charge is -2.06. The van der Waals surface area contributed by atoms with E-state index in [0.29, 0.717) is 0 Å². The van der Waals surface area contributed by atoms with Crippen LogP contribution < -0.4 is 0 Å². The summed E-state index contributed by atoms with van der Waals surface area (Å²) in [7, 11) is -0.582. The van der Waals surface area contributed by atoms with Gasteiger partial charge in [-0.25, -0.2) is 0 Å². The molecule has 0 aromatic heterocycles. The van der Waals surface area contributed by atoms with Crippen molar-refractivity contribution >= 4 is 15.7 Å². The molecule has 2 nitrogen and oxygen atoms in total. The van der Waals surface area contributed by atoms with Crippen LogP contribution in [0.5, 0.6) is 0 Å². The molecule has 0 aliphatic heterocycles. The van der Waals surface area contributed by atoms with Crippen LogP contribution in [-0.4, -0.2) is 15.7 Å². The van der Waals surface area contributed by atoms with Crippen molar-refractivity contribution in [1.82, 2.24) is 0 Å². The van der Waals surface area contributed by atoms with Crippen molar-refractivity contribution in [3.05, 3.63) is 0 Å². The topological polar surface area (TPSA) is 26.3 Å². The fourth-order valence-electron chi connectivity index (χ4n) is 2.11. The second-order valence-electron chi connectivity index (χ2n) is 5.86. The summed E-state index contributed by atoms with van der Waals surface area (Å²) < 4.78 is 5.29. The Bertz CT molecular complexity index is 205. The zero-order valence-electron chi connectivity index (χ0n) is 13.4. The van der Waals surface area contributed by atoms with Gasteiger partial charge in [-0.1, -0.05) is 85.0 Å². The molecule has 0 unspecified atom stereocenters. The average Bonchev–Trinajstić information content (AvgIpc) is 2.39. The van der Waals surface area contributed by atoms with E-state index in [1.807, 2.05) is 13.8 Å². The highest BCUT2D eigenvalue weighted by Crippen LogP contribution is 2.11. The summed E-state index contributed by atoms with van der Waals surface area (Å²) in [4.78, 5) is 11.2. The van der Waals surface area contributed by atoms with E-state index < -0.39 is 9.76 Å². The molecule has 0 amide bonds. The Morgan fingerprint density at radius 3 is 1.84 bits per heavy atom. The molecule has 0 N–H and O–H groups in total. The molecule has 0 aliphatic rings. The maximum atomic E-state index is 11.2. The van der Waals surface area contributed by atoms with E-state index in [0.717, 1.165) is 6.04 Å². The molecular weight excluding hydrogens is 252 g/mol. The second-order valence-corrected chi connectivity index (χ2v) is 7.26. The summed E-state index contributed by atoms with van der Waals surface area (Å²) in [6, 6.07) is 1.16. The molecule has 0 aliphatic carbocycles. The minimum atomic E-state index is -0.582. The minimum Gasteiger partial charge on any atom is -0.525 e. The maximum absolute atomic E-state index is 11.2. The predicted molar refractivity (Wildman–Crippen MR) is 86.1 cm³/mol. The quantitative estimate of drug-likeness (QED) is 0.365. The standard InChI is InChI=1S/C16H34O2Si/c1-4-5-6-7-8-9-10-11-12-13-14-19-18-16(17)15(2)3/h15H,4-14,19H2,1-3H3. The molecule has 19 heavy (non-hydrogen) atoms. The molecule has 3 heteroatoms. The summed E-state index contributed by atoms with van der Waals surface area (Å²) in [6.45, 7) is 6.07. The van der Waals surface area contributed by atoms with Crippen molar-refractivity contribution in [1.29, 1.82) is 0 Å². The fraction of sp³-hybridized carbons (Fsp3) is 0.938. The van der Waals surface area contributed by atoms with Crippen LogP contribution in [0.1, 0.15) is 85.0 Å². The molecule has 0 aromatic rings. The first-order valence-electron chi connectivity index (χ1n) is 8.35. The molecule has 0 rings (SSSR count).